The van der Waals surface area contributed by atoms with Crippen LogP contribution in [-0.4, -0.2) is 64.7 Å². The fourth-order valence-electron chi connectivity index (χ4n) is 3.94. The fourth-order valence-corrected chi connectivity index (χ4v) is 4.78. The number of methoxy groups -OCH3 is 2. The molecule has 0 saturated carbocycles. The predicted octanol–water partition coefficient (Wildman–Crippen LogP) is 3.36. The molecule has 0 aliphatic rings. The Kier molecular flexibility index (Phi) is 10.8. The Balaban J connectivity index is 2.47. The number of ether oxygens (including phenoxy) is 2. The monoisotopic (exact) mass is 533 g/mol. The van der Waals surface area contributed by atoms with Gasteiger partial charge in [0.2, 0.25) is 21.8 Å². The Hall–Kier alpha value is -3.27. The average Bonchev–Trinajstić information content (AvgIpc) is 2.84. The van der Waals surface area contributed by atoms with Crippen LogP contribution < -0.4 is 19.1 Å². The highest BCUT2D eigenvalue weighted by molar-refractivity contribution is 7.92. The van der Waals surface area contributed by atoms with Gasteiger partial charge in [0.25, 0.3) is 0 Å². The topological polar surface area (TPSA) is 105 Å². The van der Waals surface area contributed by atoms with Gasteiger partial charge in [-0.1, -0.05) is 50.6 Å². The summed E-state index contributed by atoms with van der Waals surface area (Å²) in [5.41, 5.74) is 2.12. The van der Waals surface area contributed by atoms with Crippen LogP contribution in [0.2, 0.25) is 0 Å². The maximum absolute atomic E-state index is 13.8. The molecule has 0 radical (unpaired) electrons. The van der Waals surface area contributed by atoms with Crippen molar-refractivity contribution in [3.63, 3.8) is 0 Å². The van der Waals surface area contributed by atoms with Gasteiger partial charge in [0.1, 0.15) is 12.6 Å². The number of aryl methyl sites for hydroxylation is 1. The van der Waals surface area contributed by atoms with Crippen molar-refractivity contribution in [3.8, 4) is 11.5 Å². The van der Waals surface area contributed by atoms with Crippen molar-refractivity contribution in [2.24, 2.45) is 5.92 Å². The SMILES string of the molecule is CC[C@H](C(=O)NCC(C)C)N(Cc1cccc(C)c1)C(=O)CN(c1ccc(OC)c(OC)c1)S(C)(=O)=O. The molecule has 0 aliphatic carbocycles. The van der Waals surface area contributed by atoms with Gasteiger partial charge in [-0.05, 0) is 37.0 Å². The van der Waals surface area contributed by atoms with E-state index in [0.717, 1.165) is 21.7 Å². The van der Waals surface area contributed by atoms with Crippen LogP contribution in [0, 0.1) is 12.8 Å². The second-order valence-electron chi connectivity index (χ2n) is 9.38. The first-order valence-corrected chi connectivity index (χ1v) is 14.1. The van der Waals surface area contributed by atoms with Gasteiger partial charge in [-0.15, -0.1) is 0 Å². The Bertz CT molecular complexity index is 1180. The van der Waals surface area contributed by atoms with Crippen molar-refractivity contribution in [2.75, 3.05) is 37.9 Å². The molecular formula is C27H39N3O6S. The van der Waals surface area contributed by atoms with E-state index >= 15 is 0 Å². The second-order valence-corrected chi connectivity index (χ2v) is 11.3. The smallest absolute Gasteiger partial charge is 0.244 e. The van der Waals surface area contributed by atoms with Crippen LogP contribution in [0.5, 0.6) is 11.5 Å². The third-order valence-electron chi connectivity index (χ3n) is 5.84. The van der Waals surface area contributed by atoms with Gasteiger partial charge < -0.3 is 19.7 Å². The molecule has 10 heteroatoms. The molecule has 0 fully saturated rings. The van der Waals surface area contributed by atoms with Crippen LogP contribution in [0.1, 0.15) is 38.3 Å². The molecule has 2 aromatic rings. The lowest BCUT2D eigenvalue weighted by molar-refractivity contribution is -0.140. The number of carbonyl (C=O) groups excluding carboxylic acids is 2. The van der Waals surface area contributed by atoms with Crippen LogP contribution in [0.4, 0.5) is 5.69 Å². The van der Waals surface area contributed by atoms with E-state index in [-0.39, 0.29) is 24.1 Å². The minimum Gasteiger partial charge on any atom is -0.493 e. The number of amides is 2. The first kappa shape index (κ1) is 30.0. The van der Waals surface area contributed by atoms with Gasteiger partial charge in [-0.3, -0.25) is 13.9 Å². The summed E-state index contributed by atoms with van der Waals surface area (Å²) in [6.07, 6.45) is 1.41. The number of sulfonamides is 1. The Morgan fingerprint density at radius 3 is 2.24 bits per heavy atom. The molecule has 0 unspecified atom stereocenters. The zero-order valence-electron chi connectivity index (χ0n) is 22.8. The van der Waals surface area contributed by atoms with Gasteiger partial charge in [0.05, 0.1) is 26.2 Å². The third-order valence-corrected chi connectivity index (χ3v) is 6.98. The first-order valence-electron chi connectivity index (χ1n) is 12.2. The molecule has 0 aromatic heterocycles. The molecule has 2 aromatic carbocycles. The summed E-state index contributed by atoms with van der Waals surface area (Å²) in [5.74, 6) is 0.243. The molecule has 9 nitrogen and oxygen atoms in total. The van der Waals surface area contributed by atoms with Crippen LogP contribution >= 0.6 is 0 Å². The van der Waals surface area contributed by atoms with E-state index in [2.05, 4.69) is 5.32 Å². The number of benzene rings is 2. The van der Waals surface area contributed by atoms with Crippen LogP contribution in [0.3, 0.4) is 0 Å². The number of nitrogens with zero attached hydrogens (tertiary/aromatic N) is 2. The highest BCUT2D eigenvalue weighted by Gasteiger charge is 2.32. The largest absolute Gasteiger partial charge is 0.493 e. The molecule has 1 atom stereocenters. The predicted molar refractivity (Wildman–Crippen MR) is 145 cm³/mol. The molecule has 204 valence electrons. The lowest BCUT2D eigenvalue weighted by atomic mass is 10.1. The summed E-state index contributed by atoms with van der Waals surface area (Å²) in [4.78, 5) is 28.4. The van der Waals surface area contributed by atoms with Crippen LogP contribution in [0.25, 0.3) is 0 Å². The van der Waals surface area contributed by atoms with E-state index in [1.54, 1.807) is 12.1 Å². The first-order chi connectivity index (χ1) is 17.4. The second kappa shape index (κ2) is 13.3. The van der Waals surface area contributed by atoms with E-state index in [4.69, 9.17) is 9.47 Å². The number of hydrogen-bond donors (Lipinski definition) is 1. The molecule has 0 saturated heterocycles. The van der Waals surface area contributed by atoms with Crippen molar-refractivity contribution in [1.82, 2.24) is 10.2 Å². The average molecular weight is 534 g/mol. The van der Waals surface area contributed by atoms with Crippen molar-refractivity contribution in [1.29, 1.82) is 0 Å². The van der Waals surface area contributed by atoms with Crippen LogP contribution in [0.15, 0.2) is 42.5 Å². The number of rotatable bonds is 13. The quantitative estimate of drug-likeness (QED) is 0.423. The molecule has 37 heavy (non-hydrogen) atoms. The third kappa shape index (κ3) is 8.38. The van der Waals surface area contributed by atoms with E-state index in [1.807, 2.05) is 52.0 Å². The zero-order chi connectivity index (χ0) is 27.8. The molecular weight excluding hydrogens is 494 g/mol. The molecule has 1 N–H and O–H groups in total. The standard InChI is InChI=1S/C27H39N3O6S/c1-8-23(27(32)28-16-19(2)3)29(17-21-11-9-10-20(4)14-21)26(31)18-30(37(7,33)34)22-12-13-24(35-5)25(15-22)36-6/h9-15,19,23H,8,16-18H2,1-7H3,(H,28,32)/t23-/m1/s1. The molecule has 0 aliphatic heterocycles. The maximum Gasteiger partial charge on any atom is 0.244 e. The van der Waals surface area contributed by atoms with Crippen molar-refractivity contribution >= 4 is 27.5 Å². The lowest BCUT2D eigenvalue weighted by Gasteiger charge is -2.33. The minimum atomic E-state index is -3.86. The summed E-state index contributed by atoms with van der Waals surface area (Å²) in [6, 6.07) is 11.5. The Morgan fingerprint density at radius 1 is 1.03 bits per heavy atom. The molecule has 2 rings (SSSR count). The zero-order valence-corrected chi connectivity index (χ0v) is 23.6. The Morgan fingerprint density at radius 2 is 1.70 bits per heavy atom. The van der Waals surface area contributed by atoms with Gasteiger partial charge >= 0.3 is 0 Å². The summed E-state index contributed by atoms with van der Waals surface area (Å²) >= 11 is 0. The lowest BCUT2D eigenvalue weighted by Crippen LogP contribution is -2.52. The van der Waals surface area contributed by atoms with Gasteiger partial charge in [-0.2, -0.15) is 0 Å². The minimum absolute atomic E-state index is 0.164. The van der Waals surface area contributed by atoms with Crippen molar-refractivity contribution < 1.29 is 27.5 Å². The van der Waals surface area contributed by atoms with E-state index in [1.165, 1.54) is 25.2 Å². The van der Waals surface area contributed by atoms with E-state index in [9.17, 15) is 18.0 Å². The van der Waals surface area contributed by atoms with Gasteiger partial charge in [0.15, 0.2) is 11.5 Å². The highest BCUT2D eigenvalue weighted by atomic mass is 32.2. The fraction of sp³-hybridized carbons (Fsp3) is 0.481. The number of anilines is 1. The van der Waals surface area contributed by atoms with Gasteiger partial charge in [0, 0.05) is 19.2 Å². The summed E-state index contributed by atoms with van der Waals surface area (Å²) in [6.45, 7) is 7.92. The van der Waals surface area contributed by atoms with E-state index < -0.39 is 28.5 Å². The molecule has 0 spiro atoms. The van der Waals surface area contributed by atoms with Crippen molar-refractivity contribution in [3.05, 3.63) is 53.6 Å². The number of nitrogens with one attached hydrogen (secondary N) is 1. The molecule has 0 bridgehead atoms. The highest BCUT2D eigenvalue weighted by Crippen LogP contribution is 2.32. The Labute approximate surface area is 220 Å². The summed E-state index contributed by atoms with van der Waals surface area (Å²) in [5, 5.41) is 2.91. The van der Waals surface area contributed by atoms with Gasteiger partial charge in [-0.25, -0.2) is 8.42 Å². The normalized spacial score (nSPS) is 12.1. The van der Waals surface area contributed by atoms with Crippen LogP contribution in [-0.2, 0) is 26.2 Å². The molecule has 0 heterocycles. The summed E-state index contributed by atoms with van der Waals surface area (Å²) in [7, 11) is -0.929. The maximum atomic E-state index is 13.8. The van der Waals surface area contributed by atoms with Crippen molar-refractivity contribution in [2.45, 2.75) is 46.7 Å². The number of carbonyl (C=O) groups is 2. The van der Waals surface area contributed by atoms with E-state index in [0.29, 0.717) is 24.5 Å². The number of hydrogen-bond acceptors (Lipinski definition) is 6. The molecule has 2 amide bonds. The summed E-state index contributed by atoms with van der Waals surface area (Å²) < 4.78 is 37.2.